The van der Waals surface area contributed by atoms with Crippen molar-refractivity contribution in [3.8, 4) is 0 Å². The number of benzene rings is 2. The minimum Gasteiger partial charge on any atom is -0.450 e. The van der Waals surface area contributed by atoms with Crippen molar-refractivity contribution in [3.05, 3.63) is 71.3 Å². The summed E-state index contributed by atoms with van der Waals surface area (Å²) >= 11 is 0. The summed E-state index contributed by atoms with van der Waals surface area (Å²) < 4.78 is 5.36. The van der Waals surface area contributed by atoms with Crippen LogP contribution in [0, 0.1) is 0 Å². The maximum atomic E-state index is 12.3. The van der Waals surface area contributed by atoms with E-state index in [4.69, 9.17) is 4.74 Å². The van der Waals surface area contributed by atoms with Gasteiger partial charge >= 0.3 is 5.97 Å². The molecule has 2 aromatic rings. The number of esters is 1. The maximum absolute atomic E-state index is 12.3. The molecule has 0 aliphatic heterocycles. The van der Waals surface area contributed by atoms with Gasteiger partial charge in [0.05, 0.1) is 5.56 Å². The number of carbonyl (C=O) groups is 2. The molecule has 1 unspecified atom stereocenters. The number of hydrogen-bond donors (Lipinski definition) is 0. The van der Waals surface area contributed by atoms with Gasteiger partial charge in [0.1, 0.15) is 0 Å². The number of ether oxygens (including phenoxy) is 1. The van der Waals surface area contributed by atoms with Crippen molar-refractivity contribution in [3.63, 3.8) is 0 Å². The second kappa shape index (κ2) is 5.29. The third kappa shape index (κ3) is 2.35. The lowest BCUT2D eigenvalue weighted by atomic mass is 9.89. The summed E-state index contributed by atoms with van der Waals surface area (Å²) in [6, 6.07) is 16.2. The molecule has 20 heavy (non-hydrogen) atoms. The van der Waals surface area contributed by atoms with Gasteiger partial charge in [0.2, 0.25) is 5.78 Å². The molecule has 3 heteroatoms. The summed E-state index contributed by atoms with van der Waals surface area (Å²) in [5.74, 6) is -0.542. The molecule has 0 spiro atoms. The number of aryl methyl sites for hydroxylation is 1. The Kier molecular flexibility index (Phi) is 3.33. The third-order valence-electron chi connectivity index (χ3n) is 3.51. The Morgan fingerprint density at radius 3 is 2.50 bits per heavy atom. The molecule has 3 rings (SSSR count). The first kappa shape index (κ1) is 12.6. The van der Waals surface area contributed by atoms with Crippen molar-refractivity contribution >= 4 is 11.8 Å². The van der Waals surface area contributed by atoms with Gasteiger partial charge < -0.3 is 4.74 Å². The lowest BCUT2D eigenvalue weighted by molar-refractivity contribution is 0.0257. The van der Waals surface area contributed by atoms with E-state index in [0.717, 1.165) is 12.0 Å². The SMILES string of the molecule is O=C(OC1CCc2ccccc2C1=O)c1ccccc1. The Labute approximate surface area is 117 Å². The lowest BCUT2D eigenvalue weighted by Crippen LogP contribution is -2.32. The average Bonchev–Trinajstić information content (AvgIpc) is 2.51. The van der Waals surface area contributed by atoms with E-state index in [1.165, 1.54) is 0 Å². The molecule has 0 radical (unpaired) electrons. The molecule has 0 saturated heterocycles. The van der Waals surface area contributed by atoms with E-state index in [-0.39, 0.29) is 5.78 Å². The fourth-order valence-corrected chi connectivity index (χ4v) is 2.45. The van der Waals surface area contributed by atoms with E-state index in [1.54, 1.807) is 30.3 Å². The average molecular weight is 266 g/mol. The Hall–Kier alpha value is -2.42. The van der Waals surface area contributed by atoms with E-state index >= 15 is 0 Å². The monoisotopic (exact) mass is 266 g/mol. The van der Waals surface area contributed by atoms with Gasteiger partial charge in [0, 0.05) is 5.56 Å². The van der Waals surface area contributed by atoms with Crippen LogP contribution in [0.2, 0.25) is 0 Å². The summed E-state index contributed by atoms with van der Waals surface area (Å²) in [6.45, 7) is 0. The van der Waals surface area contributed by atoms with Gasteiger partial charge in [0.15, 0.2) is 6.10 Å². The van der Waals surface area contributed by atoms with Crippen molar-refractivity contribution in [1.82, 2.24) is 0 Å². The summed E-state index contributed by atoms with van der Waals surface area (Å²) in [6.07, 6.45) is 0.640. The Morgan fingerprint density at radius 1 is 1.00 bits per heavy atom. The van der Waals surface area contributed by atoms with Gasteiger partial charge in [-0.3, -0.25) is 4.79 Å². The van der Waals surface area contributed by atoms with Crippen LogP contribution in [0.15, 0.2) is 54.6 Å². The van der Waals surface area contributed by atoms with E-state index in [2.05, 4.69) is 0 Å². The van der Waals surface area contributed by atoms with Gasteiger partial charge in [0.25, 0.3) is 0 Å². The van der Waals surface area contributed by atoms with Crippen molar-refractivity contribution in [2.75, 3.05) is 0 Å². The first-order chi connectivity index (χ1) is 9.75. The molecule has 100 valence electrons. The molecule has 0 amide bonds. The van der Waals surface area contributed by atoms with Crippen LogP contribution < -0.4 is 0 Å². The highest BCUT2D eigenvalue weighted by atomic mass is 16.5. The minimum absolute atomic E-state index is 0.101. The molecule has 0 aromatic heterocycles. The summed E-state index contributed by atoms with van der Waals surface area (Å²) in [5, 5.41) is 0. The van der Waals surface area contributed by atoms with Crippen LogP contribution >= 0.6 is 0 Å². The van der Waals surface area contributed by atoms with Crippen LogP contribution in [0.5, 0.6) is 0 Å². The Bertz CT molecular complexity index is 646. The Morgan fingerprint density at radius 2 is 1.70 bits per heavy atom. The van der Waals surface area contributed by atoms with E-state index in [0.29, 0.717) is 17.5 Å². The smallest absolute Gasteiger partial charge is 0.338 e. The summed E-state index contributed by atoms with van der Waals surface area (Å²) in [5.41, 5.74) is 2.17. The van der Waals surface area contributed by atoms with Gasteiger partial charge in [-0.05, 0) is 30.5 Å². The van der Waals surface area contributed by atoms with Crippen molar-refractivity contribution in [1.29, 1.82) is 0 Å². The third-order valence-corrected chi connectivity index (χ3v) is 3.51. The van der Waals surface area contributed by atoms with Crippen LogP contribution in [-0.4, -0.2) is 17.9 Å². The van der Waals surface area contributed by atoms with Crippen molar-refractivity contribution < 1.29 is 14.3 Å². The zero-order valence-corrected chi connectivity index (χ0v) is 10.9. The lowest BCUT2D eigenvalue weighted by Gasteiger charge is -2.23. The molecule has 0 bridgehead atoms. The molecule has 1 aliphatic carbocycles. The van der Waals surface area contributed by atoms with Crippen molar-refractivity contribution in [2.24, 2.45) is 0 Å². The summed E-state index contributed by atoms with van der Waals surface area (Å²) in [7, 11) is 0. The fourth-order valence-electron chi connectivity index (χ4n) is 2.45. The van der Waals surface area contributed by atoms with E-state index < -0.39 is 12.1 Å². The van der Waals surface area contributed by atoms with E-state index in [1.807, 2.05) is 24.3 Å². The number of fused-ring (bicyclic) bond motifs is 1. The first-order valence-corrected chi connectivity index (χ1v) is 6.64. The molecule has 2 aromatic carbocycles. The minimum atomic E-state index is -0.669. The number of ketones is 1. The quantitative estimate of drug-likeness (QED) is 0.785. The first-order valence-electron chi connectivity index (χ1n) is 6.64. The normalized spacial score (nSPS) is 17.4. The molecule has 3 nitrogen and oxygen atoms in total. The van der Waals surface area contributed by atoms with Gasteiger partial charge in [-0.15, -0.1) is 0 Å². The van der Waals surface area contributed by atoms with Crippen LogP contribution in [0.1, 0.15) is 32.7 Å². The van der Waals surface area contributed by atoms with Gasteiger partial charge in [-0.25, -0.2) is 4.79 Å². The molecule has 1 atom stereocenters. The number of Topliss-reactive ketones (excluding diaryl/α,β-unsaturated/α-hetero) is 1. The standard InChI is InChI=1S/C17H14O3/c18-16-14-9-5-4-6-12(14)10-11-15(16)20-17(19)13-7-2-1-3-8-13/h1-9,15H,10-11H2. The van der Waals surface area contributed by atoms with Gasteiger partial charge in [-0.2, -0.15) is 0 Å². The maximum Gasteiger partial charge on any atom is 0.338 e. The fraction of sp³-hybridized carbons (Fsp3) is 0.176. The van der Waals surface area contributed by atoms with E-state index in [9.17, 15) is 9.59 Å². The zero-order valence-electron chi connectivity index (χ0n) is 10.9. The van der Waals surface area contributed by atoms with Crippen molar-refractivity contribution in [2.45, 2.75) is 18.9 Å². The number of hydrogen-bond acceptors (Lipinski definition) is 3. The molecule has 0 saturated carbocycles. The topological polar surface area (TPSA) is 43.4 Å². The highest BCUT2D eigenvalue weighted by molar-refractivity contribution is 6.03. The van der Waals surface area contributed by atoms with Crippen LogP contribution in [0.4, 0.5) is 0 Å². The highest BCUT2D eigenvalue weighted by Gasteiger charge is 2.30. The Balaban J connectivity index is 1.77. The highest BCUT2D eigenvalue weighted by Crippen LogP contribution is 2.23. The predicted octanol–water partition coefficient (Wildman–Crippen LogP) is 3.04. The number of rotatable bonds is 2. The molecule has 0 fully saturated rings. The zero-order chi connectivity index (χ0) is 13.9. The predicted molar refractivity (Wildman–Crippen MR) is 74.7 cm³/mol. The van der Waals surface area contributed by atoms with Crippen LogP contribution in [-0.2, 0) is 11.2 Å². The summed E-state index contributed by atoms with van der Waals surface area (Å²) in [4.78, 5) is 24.3. The largest absolute Gasteiger partial charge is 0.450 e. The molecular weight excluding hydrogens is 252 g/mol. The molecule has 0 heterocycles. The van der Waals surface area contributed by atoms with Crippen LogP contribution in [0.3, 0.4) is 0 Å². The number of carbonyl (C=O) groups excluding carboxylic acids is 2. The second-order valence-corrected chi connectivity index (χ2v) is 4.82. The molecular formula is C17H14O3. The second-order valence-electron chi connectivity index (χ2n) is 4.82. The van der Waals surface area contributed by atoms with Crippen LogP contribution in [0.25, 0.3) is 0 Å². The molecule has 1 aliphatic rings. The van der Waals surface area contributed by atoms with Gasteiger partial charge in [-0.1, -0.05) is 42.5 Å². The molecule has 0 N–H and O–H groups in total.